The Kier molecular flexibility index (Phi) is 13.7. The molecule has 3 aliphatic rings. The Balaban J connectivity index is 1.32. The van der Waals surface area contributed by atoms with Crippen LogP contribution in [0.1, 0.15) is 53.9 Å². The Morgan fingerprint density at radius 2 is 1.66 bits per heavy atom. The van der Waals surface area contributed by atoms with Gasteiger partial charge in [-0.2, -0.15) is 0 Å². The summed E-state index contributed by atoms with van der Waals surface area (Å²) >= 11 is 0. The number of aliphatic hydroxyl groups excluding tert-OH is 1. The zero-order valence-electron chi connectivity index (χ0n) is 32.7. The van der Waals surface area contributed by atoms with E-state index in [-0.39, 0.29) is 62.7 Å². The fourth-order valence-corrected chi connectivity index (χ4v) is 7.03. The molecule has 7 rings (SSSR count). The minimum absolute atomic E-state index is 0.0125. The van der Waals surface area contributed by atoms with Crippen molar-refractivity contribution in [3.05, 3.63) is 107 Å². The van der Waals surface area contributed by atoms with Gasteiger partial charge in [0.15, 0.2) is 0 Å². The van der Waals surface area contributed by atoms with Crippen LogP contribution >= 0.6 is 0 Å². The van der Waals surface area contributed by atoms with E-state index in [1.807, 2.05) is 19.9 Å². The molecule has 0 spiro atoms. The van der Waals surface area contributed by atoms with Crippen molar-refractivity contribution in [1.29, 1.82) is 0 Å². The number of aromatic nitrogens is 3. The van der Waals surface area contributed by atoms with Gasteiger partial charge in [-0.3, -0.25) is 19.2 Å². The normalized spacial score (nSPS) is 22.4. The number of methoxy groups -OCH3 is 1. The zero-order chi connectivity index (χ0) is 41.2. The number of fused-ring (bicyclic) bond motifs is 14. The number of benzene rings is 3. The number of para-hydroxylation sites is 1. The lowest BCUT2D eigenvalue weighted by Crippen LogP contribution is -2.58. The van der Waals surface area contributed by atoms with Gasteiger partial charge in [-0.25, -0.2) is 9.48 Å². The van der Waals surface area contributed by atoms with E-state index in [4.69, 9.17) is 14.2 Å². The van der Waals surface area contributed by atoms with Crippen molar-refractivity contribution in [2.45, 2.75) is 83.0 Å². The highest BCUT2D eigenvalue weighted by Gasteiger charge is 2.43. The summed E-state index contributed by atoms with van der Waals surface area (Å²) in [5, 5.41) is 27.6. The molecule has 4 bridgehead atoms. The van der Waals surface area contributed by atoms with Crippen LogP contribution in [0.3, 0.4) is 0 Å². The van der Waals surface area contributed by atoms with E-state index in [1.165, 1.54) is 12.0 Å². The van der Waals surface area contributed by atoms with E-state index in [0.717, 1.165) is 5.56 Å². The number of rotatable bonds is 5. The molecular weight excluding hydrogens is 747 g/mol. The Morgan fingerprint density at radius 3 is 2.40 bits per heavy atom. The molecule has 0 unspecified atom stereocenters. The molecule has 1 saturated heterocycles. The van der Waals surface area contributed by atoms with Gasteiger partial charge in [0.2, 0.25) is 17.7 Å². The number of ether oxygens (including phenoxy) is 3. The summed E-state index contributed by atoms with van der Waals surface area (Å²) in [7, 11) is 1.22. The van der Waals surface area contributed by atoms with Crippen molar-refractivity contribution in [3.8, 4) is 11.5 Å². The second-order valence-electron chi connectivity index (χ2n) is 14.8. The van der Waals surface area contributed by atoms with E-state index < -0.39 is 59.9 Å². The number of carbonyl (C=O) groups is 5. The van der Waals surface area contributed by atoms with E-state index in [0.29, 0.717) is 23.6 Å². The van der Waals surface area contributed by atoms with Crippen molar-refractivity contribution in [2.75, 3.05) is 20.3 Å². The predicted molar refractivity (Wildman–Crippen MR) is 209 cm³/mol. The maximum absolute atomic E-state index is 14.3. The number of amides is 4. The first-order valence-corrected chi connectivity index (χ1v) is 19.3. The molecule has 1 aromatic heterocycles. The Morgan fingerprint density at radius 1 is 0.914 bits per heavy atom. The van der Waals surface area contributed by atoms with Gasteiger partial charge in [-0.05, 0) is 47.7 Å². The number of aliphatic hydroxyl groups is 1. The summed E-state index contributed by atoms with van der Waals surface area (Å²) in [6, 6.07) is 18.2. The van der Waals surface area contributed by atoms with Gasteiger partial charge in [0.1, 0.15) is 54.6 Å². The number of carbonyl (C=O) groups excluding carboxylic acids is 5. The van der Waals surface area contributed by atoms with E-state index >= 15 is 0 Å². The molecule has 5 atom stereocenters. The fraction of sp³-hybridized carbons (Fsp3) is 0.405. The molecule has 0 radical (unpaired) electrons. The minimum Gasteiger partial charge on any atom is -0.492 e. The lowest BCUT2D eigenvalue weighted by atomic mass is 10.0. The van der Waals surface area contributed by atoms with Crippen LogP contribution < -0.4 is 25.4 Å². The molecule has 58 heavy (non-hydrogen) atoms. The van der Waals surface area contributed by atoms with Crippen LogP contribution in [0.25, 0.3) is 0 Å². The molecule has 3 aliphatic heterocycles. The second-order valence-corrected chi connectivity index (χ2v) is 14.8. The van der Waals surface area contributed by atoms with Crippen molar-refractivity contribution in [1.82, 2.24) is 35.8 Å². The Bertz CT molecular complexity index is 2060. The molecular formula is C42H49N7O9. The van der Waals surface area contributed by atoms with Gasteiger partial charge in [0.05, 0.1) is 31.5 Å². The van der Waals surface area contributed by atoms with Gasteiger partial charge in [-0.15, -0.1) is 5.10 Å². The third-order valence-corrected chi connectivity index (χ3v) is 9.94. The van der Waals surface area contributed by atoms with Crippen molar-refractivity contribution in [2.24, 2.45) is 5.92 Å². The number of hydrogen-bond acceptors (Lipinski definition) is 11. The highest BCUT2D eigenvalue weighted by atomic mass is 16.5. The van der Waals surface area contributed by atoms with Crippen LogP contribution in [0.5, 0.6) is 11.5 Å². The van der Waals surface area contributed by atoms with Gasteiger partial charge < -0.3 is 40.2 Å². The quantitative estimate of drug-likeness (QED) is 0.215. The SMILES string of the molecule is COC(=O)[C@@H]1Cc2ccc(cc2)OCCn2cc(nn2)COc2ccccc2C(=O)N[C@H](CC(C)C)C(=O)N2C[C@@H](O)C[C@@H]2C(=O)N[C@@H](Cc2ccccc2)C(=O)N1. The first-order valence-electron chi connectivity index (χ1n) is 19.3. The van der Waals surface area contributed by atoms with Gasteiger partial charge >= 0.3 is 5.97 Å². The summed E-state index contributed by atoms with van der Waals surface area (Å²) in [4.78, 5) is 70.7. The number of hydrogen-bond donors (Lipinski definition) is 4. The van der Waals surface area contributed by atoms with Crippen LogP contribution in [0.15, 0.2) is 85.1 Å². The van der Waals surface area contributed by atoms with Gasteiger partial charge in [-0.1, -0.05) is 73.7 Å². The summed E-state index contributed by atoms with van der Waals surface area (Å²) in [5.41, 5.74) is 2.14. The van der Waals surface area contributed by atoms with Crippen LogP contribution in [-0.2, 0) is 49.9 Å². The molecule has 0 aliphatic carbocycles. The average Bonchev–Trinajstić information content (AvgIpc) is 3.85. The second kappa shape index (κ2) is 19.2. The molecule has 1 fully saturated rings. The van der Waals surface area contributed by atoms with Crippen LogP contribution in [0, 0.1) is 5.92 Å². The van der Waals surface area contributed by atoms with Crippen molar-refractivity contribution < 1.29 is 43.3 Å². The standard InChI is InChI=1S/C42H49N7O9/c1-26(2)19-34-41(54)49-24-30(50)22-36(49)40(53)43-33(20-27-9-5-4-6-10-27)39(52)45-35(42(55)56-3)21-28-13-15-31(16-14-28)57-18-17-48-23-29(46-47-48)25-58-37-12-8-7-11-32(37)38(51)44-34/h4-16,23,26,30,33-36,50H,17-22,24-25H2,1-3H3,(H,43,53)(H,44,51)(H,45,52)/t30-,33-,34+,35-,36+/m0/s1. The summed E-state index contributed by atoms with van der Waals surface area (Å²) in [6.45, 7) is 4.31. The molecule has 16 nitrogen and oxygen atoms in total. The van der Waals surface area contributed by atoms with Crippen LogP contribution in [-0.4, -0.2) is 105 Å². The van der Waals surface area contributed by atoms with Crippen LogP contribution in [0.2, 0.25) is 0 Å². The van der Waals surface area contributed by atoms with Crippen molar-refractivity contribution in [3.63, 3.8) is 0 Å². The average molecular weight is 796 g/mol. The van der Waals surface area contributed by atoms with E-state index in [2.05, 4.69) is 26.3 Å². The molecule has 4 amide bonds. The summed E-state index contributed by atoms with van der Waals surface area (Å²) in [5.74, 6) is -2.34. The first kappa shape index (κ1) is 41.3. The fourth-order valence-electron chi connectivity index (χ4n) is 7.03. The maximum Gasteiger partial charge on any atom is 0.328 e. The molecule has 0 saturated carbocycles. The molecule has 16 heteroatoms. The van der Waals surface area contributed by atoms with Gasteiger partial charge in [0, 0.05) is 25.8 Å². The smallest absolute Gasteiger partial charge is 0.328 e. The van der Waals surface area contributed by atoms with Gasteiger partial charge in [0.25, 0.3) is 5.91 Å². The highest BCUT2D eigenvalue weighted by Crippen LogP contribution is 2.24. The molecule has 306 valence electrons. The summed E-state index contributed by atoms with van der Waals surface area (Å²) in [6.07, 6.45) is 0.957. The number of nitrogens with one attached hydrogen (secondary N) is 3. The number of esters is 1. The lowest BCUT2D eigenvalue weighted by Gasteiger charge is -2.30. The highest BCUT2D eigenvalue weighted by molar-refractivity contribution is 6.00. The number of nitrogens with zero attached hydrogens (tertiary/aromatic N) is 4. The lowest BCUT2D eigenvalue weighted by molar-refractivity contribution is -0.145. The topological polar surface area (TPSA) is 203 Å². The Hall–Kier alpha value is -6.29. The largest absolute Gasteiger partial charge is 0.492 e. The maximum atomic E-state index is 14.3. The zero-order valence-corrected chi connectivity index (χ0v) is 32.7. The van der Waals surface area contributed by atoms with E-state index in [9.17, 15) is 29.1 Å². The molecule has 4 aromatic rings. The third kappa shape index (κ3) is 10.8. The Labute approximate surface area is 336 Å². The molecule has 4 heterocycles. The molecule has 4 N–H and O–H groups in total. The summed E-state index contributed by atoms with van der Waals surface area (Å²) < 4.78 is 18.6. The van der Waals surface area contributed by atoms with Crippen LogP contribution in [0.4, 0.5) is 0 Å². The van der Waals surface area contributed by atoms with Crippen molar-refractivity contribution >= 4 is 29.6 Å². The third-order valence-electron chi connectivity index (χ3n) is 9.94. The molecule has 3 aromatic carbocycles. The first-order chi connectivity index (χ1) is 28.0. The monoisotopic (exact) mass is 795 g/mol. The van der Waals surface area contributed by atoms with E-state index in [1.54, 1.807) is 83.7 Å². The predicted octanol–water partition coefficient (Wildman–Crippen LogP) is 1.98. The minimum atomic E-state index is -1.18.